The van der Waals surface area contributed by atoms with Crippen LogP contribution in [0.25, 0.3) is 34.2 Å². The van der Waals surface area contributed by atoms with Gasteiger partial charge in [0.2, 0.25) is 20.0 Å². The Bertz CT molecular complexity index is 1530. The van der Waals surface area contributed by atoms with Crippen LogP contribution in [0.3, 0.4) is 0 Å². The molecule has 0 aliphatic carbocycles. The minimum absolute atomic E-state index is 0.0725. The summed E-state index contributed by atoms with van der Waals surface area (Å²) in [5.41, 5.74) is 2.08. The lowest BCUT2D eigenvalue weighted by atomic mass is 10.1. The van der Waals surface area contributed by atoms with Gasteiger partial charge in [-0.3, -0.25) is 0 Å². The topological polar surface area (TPSA) is 146 Å². The lowest BCUT2D eigenvalue weighted by Crippen LogP contribution is -2.35. The highest BCUT2D eigenvalue weighted by Gasteiger charge is 2.29. The predicted molar refractivity (Wildman–Crippen MR) is 124 cm³/mol. The number of benzene rings is 2. The van der Waals surface area contributed by atoms with Gasteiger partial charge in [-0.25, -0.2) is 16.8 Å². The average Bonchev–Trinajstić information content (AvgIpc) is 3.38. The number of hydrogen-bond acceptors (Lipinski definition) is 10. The van der Waals surface area contributed by atoms with E-state index in [0.717, 1.165) is 18.1 Å². The summed E-state index contributed by atoms with van der Waals surface area (Å²) < 4.78 is 65.3. The molecule has 4 rings (SSSR count). The zero-order valence-electron chi connectivity index (χ0n) is 18.6. The number of ether oxygens (including phenoxy) is 1. The van der Waals surface area contributed by atoms with E-state index in [1.807, 2.05) is 30.3 Å². The van der Waals surface area contributed by atoms with Gasteiger partial charge in [0.1, 0.15) is 22.8 Å². The van der Waals surface area contributed by atoms with Crippen LogP contribution in [0.1, 0.15) is 5.76 Å². The lowest BCUT2D eigenvalue weighted by molar-refractivity contribution is 0.399. The van der Waals surface area contributed by atoms with Crippen molar-refractivity contribution in [3.05, 3.63) is 54.3 Å². The molecule has 11 nitrogen and oxygen atoms in total. The molecule has 0 saturated heterocycles. The van der Waals surface area contributed by atoms with Crippen LogP contribution in [0.5, 0.6) is 5.75 Å². The largest absolute Gasteiger partial charge is 0.496 e. The van der Waals surface area contributed by atoms with Gasteiger partial charge in [-0.05, 0) is 19.1 Å². The Kier molecular flexibility index (Phi) is 5.91. The lowest BCUT2D eigenvalue weighted by Gasteiger charge is -2.20. The third-order valence-corrected chi connectivity index (χ3v) is 8.03. The summed E-state index contributed by atoms with van der Waals surface area (Å²) >= 11 is 0. The Morgan fingerprint density at radius 3 is 2.18 bits per heavy atom. The van der Waals surface area contributed by atoms with E-state index in [0.29, 0.717) is 26.3 Å². The number of rotatable bonds is 7. The van der Waals surface area contributed by atoms with Crippen molar-refractivity contribution in [2.45, 2.75) is 6.92 Å². The molecule has 0 aliphatic heterocycles. The van der Waals surface area contributed by atoms with Crippen LogP contribution >= 0.6 is 0 Å². The molecule has 0 bridgehead atoms. The smallest absolute Gasteiger partial charge is 0.254 e. The Hall–Kier alpha value is -3.71. The van der Waals surface area contributed by atoms with Crippen molar-refractivity contribution < 1.29 is 30.5 Å². The first-order valence-corrected chi connectivity index (χ1v) is 13.4. The van der Waals surface area contributed by atoms with Gasteiger partial charge < -0.3 is 13.7 Å². The van der Waals surface area contributed by atoms with Crippen LogP contribution in [0.2, 0.25) is 0 Å². The van der Waals surface area contributed by atoms with Crippen LogP contribution in [0.15, 0.2) is 57.5 Å². The summed E-state index contributed by atoms with van der Waals surface area (Å²) in [7, 11) is -6.89. The molecule has 0 unspecified atom stereocenters. The molecule has 0 atom stereocenters. The summed E-state index contributed by atoms with van der Waals surface area (Å²) in [6, 6.07) is 13.4. The van der Waals surface area contributed by atoms with Gasteiger partial charge in [0.25, 0.3) is 11.8 Å². The number of hydrogen-bond donors (Lipinski definition) is 0. The zero-order chi connectivity index (χ0) is 24.7. The maximum Gasteiger partial charge on any atom is 0.254 e. The fraction of sp³-hybridized carbons (Fsp3) is 0.190. The minimum atomic E-state index is -4.12. The second-order valence-corrected chi connectivity index (χ2v) is 11.2. The van der Waals surface area contributed by atoms with Crippen LogP contribution in [0.4, 0.5) is 5.69 Å². The van der Waals surface area contributed by atoms with Crippen molar-refractivity contribution in [3.63, 3.8) is 0 Å². The predicted octanol–water partition coefficient (Wildman–Crippen LogP) is 3.10. The van der Waals surface area contributed by atoms with Crippen LogP contribution in [-0.4, -0.2) is 51.8 Å². The Morgan fingerprint density at radius 2 is 1.56 bits per heavy atom. The second kappa shape index (κ2) is 8.57. The van der Waals surface area contributed by atoms with Crippen molar-refractivity contribution in [1.29, 1.82) is 0 Å². The third kappa shape index (κ3) is 4.39. The molecular formula is C21H20N4O7S2. The van der Waals surface area contributed by atoms with Gasteiger partial charge in [0, 0.05) is 11.6 Å². The molecule has 0 amide bonds. The molecule has 2 aromatic carbocycles. The molecule has 2 heterocycles. The molecule has 4 aromatic rings. The molecule has 178 valence electrons. The first-order valence-electron chi connectivity index (χ1n) is 9.75. The van der Waals surface area contributed by atoms with E-state index in [2.05, 4.69) is 15.4 Å². The Morgan fingerprint density at radius 1 is 0.912 bits per heavy atom. The number of sulfonamides is 2. The zero-order valence-corrected chi connectivity index (χ0v) is 20.2. The summed E-state index contributed by atoms with van der Waals surface area (Å²) in [5, 5.41) is 12.3. The fourth-order valence-electron chi connectivity index (χ4n) is 3.45. The molecule has 0 N–H and O–H groups in total. The van der Waals surface area contributed by atoms with Gasteiger partial charge >= 0.3 is 0 Å². The van der Waals surface area contributed by atoms with Crippen molar-refractivity contribution >= 4 is 25.7 Å². The normalized spacial score (nSPS) is 12.0. The number of anilines is 1. The molecule has 34 heavy (non-hydrogen) atoms. The SMILES string of the molecule is COc1cc(N(S(C)(=O)=O)S(C)(=O)=O)ccc1-c1nnc(-c2c(-c3ccccc3)noc2C)o1. The van der Waals surface area contributed by atoms with E-state index < -0.39 is 20.0 Å². The number of methoxy groups -OCH3 is 1. The van der Waals surface area contributed by atoms with E-state index in [9.17, 15) is 16.8 Å². The van der Waals surface area contributed by atoms with Gasteiger partial charge in [0.05, 0.1) is 30.9 Å². The monoisotopic (exact) mass is 504 g/mol. The van der Waals surface area contributed by atoms with Crippen LogP contribution in [0, 0.1) is 6.92 Å². The van der Waals surface area contributed by atoms with E-state index >= 15 is 0 Å². The van der Waals surface area contributed by atoms with Crippen molar-refractivity contribution in [2.75, 3.05) is 23.3 Å². The Labute approximate surface area is 196 Å². The maximum atomic E-state index is 12.1. The number of nitrogens with zero attached hydrogens (tertiary/aromatic N) is 4. The Balaban J connectivity index is 1.78. The highest BCUT2D eigenvalue weighted by molar-refractivity contribution is 8.09. The molecular weight excluding hydrogens is 484 g/mol. The highest BCUT2D eigenvalue weighted by Crippen LogP contribution is 2.38. The quantitative estimate of drug-likeness (QED) is 0.368. The van der Waals surface area contributed by atoms with Crippen LogP contribution < -0.4 is 8.45 Å². The summed E-state index contributed by atoms with van der Waals surface area (Å²) in [5.74, 6) is 0.847. The summed E-state index contributed by atoms with van der Waals surface area (Å²) in [6.07, 6.45) is 1.59. The van der Waals surface area contributed by atoms with Gasteiger partial charge in [-0.2, -0.15) is 3.71 Å². The number of aryl methyl sites for hydroxylation is 1. The number of aromatic nitrogens is 3. The molecule has 2 aromatic heterocycles. The van der Waals surface area contributed by atoms with E-state index in [4.69, 9.17) is 13.7 Å². The van der Waals surface area contributed by atoms with Crippen molar-refractivity contribution in [1.82, 2.24) is 15.4 Å². The average molecular weight is 505 g/mol. The van der Waals surface area contributed by atoms with Gasteiger partial charge in [-0.15, -0.1) is 10.2 Å². The van der Waals surface area contributed by atoms with Gasteiger partial charge in [0.15, 0.2) is 0 Å². The molecule has 0 fully saturated rings. The summed E-state index contributed by atoms with van der Waals surface area (Å²) in [6.45, 7) is 1.72. The first kappa shape index (κ1) is 23.4. The highest BCUT2D eigenvalue weighted by atomic mass is 32.3. The molecule has 0 saturated carbocycles. The minimum Gasteiger partial charge on any atom is -0.496 e. The standard InChI is InChI=1S/C21H20N4O7S2/c1-13-18(19(24-32-13)14-8-6-5-7-9-14)21-23-22-20(31-21)16-11-10-15(12-17(16)30-2)25(33(3,26)27)34(4,28)29/h5-12H,1-4H3. The van der Waals surface area contributed by atoms with Crippen molar-refractivity contribution in [3.8, 4) is 39.9 Å². The van der Waals surface area contributed by atoms with Crippen molar-refractivity contribution in [2.24, 2.45) is 0 Å². The third-order valence-electron chi connectivity index (χ3n) is 4.78. The van der Waals surface area contributed by atoms with Gasteiger partial charge in [-0.1, -0.05) is 35.5 Å². The molecule has 13 heteroatoms. The second-order valence-electron chi connectivity index (χ2n) is 7.35. The molecule has 0 aliphatic rings. The van der Waals surface area contributed by atoms with E-state index in [-0.39, 0.29) is 23.2 Å². The molecule has 0 spiro atoms. The molecule has 0 radical (unpaired) electrons. The van der Waals surface area contributed by atoms with E-state index in [1.54, 1.807) is 6.92 Å². The fourth-order valence-corrected chi connectivity index (χ4v) is 6.41. The van der Waals surface area contributed by atoms with Crippen LogP contribution in [-0.2, 0) is 20.0 Å². The summed E-state index contributed by atoms with van der Waals surface area (Å²) in [4.78, 5) is 0. The van der Waals surface area contributed by atoms with E-state index in [1.165, 1.54) is 25.3 Å². The first-order chi connectivity index (χ1) is 16.0. The maximum absolute atomic E-state index is 12.1.